The SMILES string of the molecule is CC(C)CNS(=O)(=O)N1CCC(C)C1CO. The number of rotatable bonds is 5. The summed E-state index contributed by atoms with van der Waals surface area (Å²) in [5.74, 6) is 0.503. The fraction of sp³-hybridized carbons (Fsp3) is 1.00. The number of nitrogens with zero attached hydrogens (tertiary/aromatic N) is 1. The van der Waals surface area contributed by atoms with E-state index in [0.29, 0.717) is 13.1 Å². The van der Waals surface area contributed by atoms with Crippen LogP contribution in [-0.2, 0) is 10.2 Å². The first kappa shape index (κ1) is 13.9. The van der Waals surface area contributed by atoms with Gasteiger partial charge in [0.2, 0.25) is 0 Å². The van der Waals surface area contributed by atoms with E-state index in [1.165, 1.54) is 4.31 Å². The van der Waals surface area contributed by atoms with E-state index >= 15 is 0 Å². The monoisotopic (exact) mass is 250 g/mol. The number of aliphatic hydroxyl groups is 1. The molecule has 1 aliphatic heterocycles. The Hall–Kier alpha value is -0.170. The molecule has 1 heterocycles. The number of hydrogen-bond donors (Lipinski definition) is 2. The van der Waals surface area contributed by atoms with E-state index in [4.69, 9.17) is 0 Å². The first-order valence-corrected chi connectivity index (χ1v) is 7.19. The van der Waals surface area contributed by atoms with Gasteiger partial charge in [-0.2, -0.15) is 12.7 Å². The Labute approximate surface area is 98.0 Å². The van der Waals surface area contributed by atoms with Crippen molar-refractivity contribution in [3.8, 4) is 0 Å². The fourth-order valence-electron chi connectivity index (χ4n) is 1.90. The smallest absolute Gasteiger partial charge is 0.279 e. The van der Waals surface area contributed by atoms with Crippen LogP contribution >= 0.6 is 0 Å². The molecule has 1 fully saturated rings. The summed E-state index contributed by atoms with van der Waals surface area (Å²) < 4.78 is 27.9. The second-order valence-electron chi connectivity index (χ2n) is 4.87. The highest BCUT2D eigenvalue weighted by Crippen LogP contribution is 2.25. The molecule has 0 spiro atoms. The Morgan fingerprint density at radius 2 is 2.12 bits per heavy atom. The number of nitrogens with one attached hydrogen (secondary N) is 1. The maximum atomic E-state index is 12.0. The molecule has 2 N–H and O–H groups in total. The summed E-state index contributed by atoms with van der Waals surface area (Å²) in [4.78, 5) is 0. The van der Waals surface area contributed by atoms with Crippen molar-refractivity contribution in [2.45, 2.75) is 33.2 Å². The van der Waals surface area contributed by atoms with Crippen molar-refractivity contribution < 1.29 is 13.5 Å². The zero-order chi connectivity index (χ0) is 12.3. The van der Waals surface area contributed by atoms with Gasteiger partial charge >= 0.3 is 0 Å². The normalized spacial score (nSPS) is 27.8. The minimum Gasteiger partial charge on any atom is -0.395 e. The second-order valence-corrected chi connectivity index (χ2v) is 6.58. The van der Waals surface area contributed by atoms with Gasteiger partial charge in [-0.3, -0.25) is 0 Å². The molecule has 2 atom stereocenters. The molecule has 0 aromatic carbocycles. The fourth-order valence-corrected chi connectivity index (χ4v) is 3.58. The van der Waals surface area contributed by atoms with E-state index in [2.05, 4.69) is 4.72 Å². The molecule has 0 aromatic rings. The van der Waals surface area contributed by atoms with Gasteiger partial charge in [0.05, 0.1) is 12.6 Å². The third-order valence-corrected chi connectivity index (χ3v) is 4.60. The molecule has 1 saturated heterocycles. The summed E-state index contributed by atoms with van der Waals surface area (Å²) in [6.07, 6.45) is 0.813. The summed E-state index contributed by atoms with van der Waals surface area (Å²) in [5.41, 5.74) is 0. The van der Waals surface area contributed by atoms with Gasteiger partial charge in [0, 0.05) is 13.1 Å². The van der Waals surface area contributed by atoms with E-state index in [1.807, 2.05) is 20.8 Å². The highest BCUT2D eigenvalue weighted by Gasteiger charge is 2.38. The quantitative estimate of drug-likeness (QED) is 0.731. The van der Waals surface area contributed by atoms with Gasteiger partial charge in [0.15, 0.2) is 0 Å². The molecule has 1 rings (SSSR count). The van der Waals surface area contributed by atoms with Gasteiger partial charge in [0.25, 0.3) is 10.2 Å². The van der Waals surface area contributed by atoms with Gasteiger partial charge in [-0.25, -0.2) is 4.72 Å². The lowest BCUT2D eigenvalue weighted by Gasteiger charge is -2.25. The number of hydrogen-bond acceptors (Lipinski definition) is 3. The third kappa shape index (κ3) is 3.16. The van der Waals surface area contributed by atoms with Gasteiger partial charge in [0.1, 0.15) is 0 Å². The van der Waals surface area contributed by atoms with Crippen LogP contribution in [0.1, 0.15) is 27.2 Å². The Balaban J connectivity index is 2.68. The molecule has 6 heteroatoms. The number of aliphatic hydroxyl groups excluding tert-OH is 1. The van der Waals surface area contributed by atoms with Crippen molar-refractivity contribution in [1.82, 2.24) is 9.03 Å². The Morgan fingerprint density at radius 1 is 1.50 bits per heavy atom. The van der Waals surface area contributed by atoms with Crippen LogP contribution in [0.15, 0.2) is 0 Å². The minimum absolute atomic E-state index is 0.107. The van der Waals surface area contributed by atoms with E-state index in [1.54, 1.807) is 0 Å². The molecule has 96 valence electrons. The predicted octanol–water partition coefficient (Wildman–Crippen LogP) is 0.179. The third-order valence-electron chi connectivity index (χ3n) is 3.00. The first-order chi connectivity index (χ1) is 7.38. The molecule has 0 radical (unpaired) electrons. The van der Waals surface area contributed by atoms with Gasteiger partial charge in [-0.15, -0.1) is 0 Å². The zero-order valence-electron chi connectivity index (χ0n) is 10.2. The summed E-state index contributed by atoms with van der Waals surface area (Å²) in [7, 11) is -3.43. The highest BCUT2D eigenvalue weighted by atomic mass is 32.2. The van der Waals surface area contributed by atoms with Crippen molar-refractivity contribution in [3.63, 3.8) is 0 Å². The maximum Gasteiger partial charge on any atom is 0.279 e. The highest BCUT2D eigenvalue weighted by molar-refractivity contribution is 7.87. The lowest BCUT2D eigenvalue weighted by molar-refractivity contribution is 0.190. The lowest BCUT2D eigenvalue weighted by Crippen LogP contribution is -2.46. The molecule has 2 unspecified atom stereocenters. The molecule has 0 bridgehead atoms. The van der Waals surface area contributed by atoms with Crippen LogP contribution in [0.4, 0.5) is 0 Å². The largest absolute Gasteiger partial charge is 0.395 e. The van der Waals surface area contributed by atoms with Gasteiger partial charge in [-0.05, 0) is 18.3 Å². The van der Waals surface area contributed by atoms with E-state index in [-0.39, 0.29) is 24.5 Å². The first-order valence-electron chi connectivity index (χ1n) is 5.75. The van der Waals surface area contributed by atoms with Gasteiger partial charge in [-0.1, -0.05) is 20.8 Å². The summed E-state index contributed by atoms with van der Waals surface area (Å²) >= 11 is 0. The van der Waals surface area contributed by atoms with Crippen LogP contribution in [0.3, 0.4) is 0 Å². The zero-order valence-corrected chi connectivity index (χ0v) is 11.0. The van der Waals surface area contributed by atoms with E-state index < -0.39 is 10.2 Å². The molecule has 0 aromatic heterocycles. The molecular weight excluding hydrogens is 228 g/mol. The Kier molecular flexibility index (Phi) is 4.73. The molecular formula is C10H22N2O3S. The topological polar surface area (TPSA) is 69.6 Å². The molecule has 0 amide bonds. The maximum absolute atomic E-state index is 12.0. The summed E-state index contributed by atoms with van der Waals surface area (Å²) in [6.45, 7) is 6.71. The average molecular weight is 250 g/mol. The van der Waals surface area contributed by atoms with Crippen molar-refractivity contribution in [2.24, 2.45) is 11.8 Å². The standard InChI is InChI=1S/C10H22N2O3S/c1-8(2)6-11-16(14,15)12-5-4-9(3)10(12)7-13/h8-11,13H,4-7H2,1-3H3. The van der Waals surface area contributed by atoms with E-state index in [0.717, 1.165) is 6.42 Å². The van der Waals surface area contributed by atoms with Crippen LogP contribution in [0.2, 0.25) is 0 Å². The molecule has 16 heavy (non-hydrogen) atoms. The molecule has 0 saturated carbocycles. The van der Waals surface area contributed by atoms with Crippen LogP contribution in [0.5, 0.6) is 0 Å². The lowest BCUT2D eigenvalue weighted by atomic mass is 10.0. The van der Waals surface area contributed by atoms with Crippen LogP contribution in [0.25, 0.3) is 0 Å². The minimum atomic E-state index is -3.43. The van der Waals surface area contributed by atoms with Gasteiger partial charge < -0.3 is 5.11 Å². The molecule has 0 aliphatic carbocycles. The summed E-state index contributed by atoms with van der Waals surface area (Å²) in [5, 5.41) is 9.21. The van der Waals surface area contributed by atoms with Crippen LogP contribution in [-0.4, -0.2) is 43.6 Å². The van der Waals surface area contributed by atoms with Crippen LogP contribution in [0, 0.1) is 11.8 Å². The molecule has 1 aliphatic rings. The predicted molar refractivity (Wildman–Crippen MR) is 63.1 cm³/mol. The second kappa shape index (κ2) is 5.44. The van der Waals surface area contributed by atoms with Crippen molar-refractivity contribution in [3.05, 3.63) is 0 Å². The Morgan fingerprint density at radius 3 is 2.62 bits per heavy atom. The average Bonchev–Trinajstić information content (AvgIpc) is 2.57. The molecule has 5 nitrogen and oxygen atoms in total. The van der Waals surface area contributed by atoms with E-state index in [9.17, 15) is 13.5 Å². The summed E-state index contributed by atoms with van der Waals surface area (Å²) in [6, 6.07) is -0.273. The van der Waals surface area contributed by atoms with Crippen molar-refractivity contribution >= 4 is 10.2 Å². The Bertz CT molecular complexity index is 316. The van der Waals surface area contributed by atoms with Crippen molar-refractivity contribution in [1.29, 1.82) is 0 Å². The van der Waals surface area contributed by atoms with Crippen LogP contribution < -0.4 is 4.72 Å². The van der Waals surface area contributed by atoms with Crippen molar-refractivity contribution in [2.75, 3.05) is 19.7 Å².